The summed E-state index contributed by atoms with van der Waals surface area (Å²) in [5.41, 5.74) is 1.83. The van der Waals surface area contributed by atoms with Crippen molar-refractivity contribution >= 4 is 66.8 Å². The highest BCUT2D eigenvalue weighted by Crippen LogP contribution is 2.44. The summed E-state index contributed by atoms with van der Waals surface area (Å²) in [6.45, 7) is 3.31. The molecule has 0 amide bonds. The van der Waals surface area contributed by atoms with Crippen molar-refractivity contribution in [3.8, 4) is 5.75 Å². The van der Waals surface area contributed by atoms with E-state index < -0.39 is 5.97 Å². The van der Waals surface area contributed by atoms with E-state index in [4.69, 9.17) is 9.57 Å². The molecule has 35 heavy (non-hydrogen) atoms. The van der Waals surface area contributed by atoms with Gasteiger partial charge in [0.05, 0.1) is 4.90 Å². The maximum absolute atomic E-state index is 13.2. The molecule has 2 heterocycles. The van der Waals surface area contributed by atoms with Gasteiger partial charge < -0.3 is 9.57 Å². The SMILES string of the molecule is CCCCC(=NOC(C)=O)C(=O)c1ccc2sc3ccc(C=C4Oc5ccccc5S4)cc3c2c1. The number of thiophene rings is 1. The average molecular weight is 502 g/mol. The van der Waals surface area contributed by atoms with E-state index in [1.54, 1.807) is 23.1 Å². The minimum atomic E-state index is -0.541. The van der Waals surface area contributed by atoms with Gasteiger partial charge in [-0.05, 0) is 78.7 Å². The summed E-state index contributed by atoms with van der Waals surface area (Å²) in [7, 11) is 0. The van der Waals surface area contributed by atoms with Gasteiger partial charge in [-0.2, -0.15) is 0 Å². The van der Waals surface area contributed by atoms with Crippen LogP contribution in [0.5, 0.6) is 5.75 Å². The van der Waals surface area contributed by atoms with Gasteiger partial charge in [0.2, 0.25) is 5.78 Å². The lowest BCUT2D eigenvalue weighted by Gasteiger charge is -2.05. The number of rotatable bonds is 7. The molecule has 1 aromatic heterocycles. The Morgan fingerprint density at radius 1 is 1.03 bits per heavy atom. The summed E-state index contributed by atoms with van der Waals surface area (Å²) in [5, 5.41) is 6.79. The first-order chi connectivity index (χ1) is 17.0. The number of hydrogen-bond donors (Lipinski definition) is 0. The van der Waals surface area contributed by atoms with E-state index in [9.17, 15) is 9.59 Å². The van der Waals surface area contributed by atoms with Gasteiger partial charge in [0.25, 0.3) is 0 Å². The Labute approximate surface area is 211 Å². The quantitative estimate of drug-likeness (QED) is 0.112. The van der Waals surface area contributed by atoms with Crippen molar-refractivity contribution in [2.45, 2.75) is 38.0 Å². The summed E-state index contributed by atoms with van der Waals surface area (Å²) in [6, 6.07) is 20.0. The summed E-state index contributed by atoms with van der Waals surface area (Å²) < 4.78 is 8.23. The van der Waals surface area contributed by atoms with Crippen molar-refractivity contribution in [1.29, 1.82) is 0 Å². The molecule has 0 aliphatic carbocycles. The van der Waals surface area contributed by atoms with Crippen molar-refractivity contribution in [1.82, 2.24) is 0 Å². The van der Waals surface area contributed by atoms with E-state index in [1.807, 2.05) is 49.4 Å². The lowest BCUT2D eigenvalue weighted by Crippen LogP contribution is -2.15. The smallest absolute Gasteiger partial charge is 0.331 e. The zero-order valence-corrected chi connectivity index (χ0v) is 21.0. The highest BCUT2D eigenvalue weighted by molar-refractivity contribution is 8.03. The number of carbonyl (C=O) groups excluding carboxylic acids is 2. The molecular formula is C28H23NO4S2. The first kappa shape index (κ1) is 23.3. The lowest BCUT2D eigenvalue weighted by atomic mass is 10.0. The summed E-state index contributed by atoms with van der Waals surface area (Å²) in [6.07, 6.45) is 4.20. The number of thioether (sulfide) groups is 1. The molecule has 0 fully saturated rings. The minimum absolute atomic E-state index is 0.215. The zero-order valence-electron chi connectivity index (χ0n) is 19.4. The third-order valence-electron chi connectivity index (χ3n) is 5.62. The van der Waals surface area contributed by atoms with E-state index in [0.717, 1.165) is 54.3 Å². The molecule has 1 aliphatic rings. The Morgan fingerprint density at radius 3 is 2.57 bits per heavy atom. The number of nitrogens with zero attached hydrogens (tertiary/aromatic N) is 1. The molecule has 0 atom stereocenters. The fourth-order valence-electron chi connectivity index (χ4n) is 3.91. The van der Waals surface area contributed by atoms with Crippen LogP contribution in [-0.4, -0.2) is 17.5 Å². The molecule has 3 aromatic carbocycles. The Bertz CT molecular complexity index is 1490. The Kier molecular flexibility index (Phi) is 6.70. The second-order valence-electron chi connectivity index (χ2n) is 8.24. The number of ether oxygens (including phenoxy) is 1. The van der Waals surface area contributed by atoms with E-state index in [-0.39, 0.29) is 11.5 Å². The monoisotopic (exact) mass is 501 g/mol. The standard InChI is InChI=1S/C28H23NO4S2/c1-3-4-7-22(29-33-17(2)30)28(31)19-11-13-25-21(16-19)20-14-18(10-12-24(20)34-25)15-27-32-23-8-5-6-9-26(23)35-27/h5-6,8-16H,3-4,7H2,1-2H3. The topological polar surface area (TPSA) is 65.0 Å². The van der Waals surface area contributed by atoms with Crippen LogP contribution in [0.4, 0.5) is 0 Å². The largest absolute Gasteiger partial charge is 0.449 e. The van der Waals surface area contributed by atoms with Gasteiger partial charge in [-0.1, -0.05) is 36.7 Å². The van der Waals surface area contributed by atoms with Gasteiger partial charge in [-0.15, -0.1) is 11.3 Å². The van der Waals surface area contributed by atoms with Gasteiger partial charge in [0.15, 0.2) is 5.09 Å². The number of Topliss-reactive ketones (excluding diaryl/α,β-unsaturated/α-hetero) is 1. The molecule has 0 bridgehead atoms. The summed E-state index contributed by atoms with van der Waals surface area (Å²) in [5.74, 6) is 0.122. The number of unbranched alkanes of at least 4 members (excludes halogenated alkanes) is 1. The Hall–Kier alpha value is -3.42. The average Bonchev–Trinajstić information content (AvgIpc) is 3.43. The van der Waals surface area contributed by atoms with E-state index in [1.165, 1.54) is 6.92 Å². The van der Waals surface area contributed by atoms with Crippen LogP contribution in [0.3, 0.4) is 0 Å². The van der Waals surface area contributed by atoms with Crippen LogP contribution in [0.2, 0.25) is 0 Å². The molecule has 4 aromatic rings. The van der Waals surface area contributed by atoms with Crippen molar-refractivity contribution < 1.29 is 19.2 Å². The first-order valence-electron chi connectivity index (χ1n) is 11.4. The Morgan fingerprint density at radius 2 is 1.80 bits per heavy atom. The van der Waals surface area contributed by atoms with Crippen LogP contribution < -0.4 is 4.74 Å². The van der Waals surface area contributed by atoms with Gasteiger partial charge in [0.1, 0.15) is 11.5 Å². The predicted octanol–water partition coefficient (Wildman–Crippen LogP) is 7.83. The molecule has 0 radical (unpaired) electrons. The molecule has 176 valence electrons. The second-order valence-corrected chi connectivity index (χ2v) is 10.4. The summed E-state index contributed by atoms with van der Waals surface area (Å²) in [4.78, 5) is 30.4. The fourth-order valence-corrected chi connectivity index (χ4v) is 5.88. The molecule has 0 N–H and O–H groups in total. The third kappa shape index (κ3) is 5.01. The highest BCUT2D eigenvalue weighted by Gasteiger charge is 2.19. The van der Waals surface area contributed by atoms with Crippen molar-refractivity contribution in [2.24, 2.45) is 5.16 Å². The summed E-state index contributed by atoms with van der Waals surface area (Å²) >= 11 is 3.30. The first-order valence-corrected chi connectivity index (χ1v) is 13.1. The molecule has 7 heteroatoms. The fraction of sp³-hybridized carbons (Fsp3) is 0.179. The Balaban J connectivity index is 1.49. The molecule has 5 nitrogen and oxygen atoms in total. The number of fused-ring (bicyclic) bond motifs is 4. The van der Waals surface area contributed by atoms with Gasteiger partial charge >= 0.3 is 5.97 Å². The number of ketones is 1. The molecular weight excluding hydrogens is 478 g/mol. The van der Waals surface area contributed by atoms with Crippen LogP contribution in [-0.2, 0) is 9.63 Å². The molecule has 0 saturated carbocycles. The van der Waals surface area contributed by atoms with Crippen molar-refractivity contribution in [3.05, 3.63) is 76.9 Å². The third-order valence-corrected chi connectivity index (χ3v) is 7.74. The number of carbonyl (C=O) groups is 2. The lowest BCUT2D eigenvalue weighted by molar-refractivity contribution is -0.140. The van der Waals surface area contributed by atoms with E-state index >= 15 is 0 Å². The number of benzene rings is 3. The van der Waals surface area contributed by atoms with E-state index in [0.29, 0.717) is 12.0 Å². The molecule has 0 unspecified atom stereocenters. The number of oxime groups is 1. The number of para-hydroxylation sites is 1. The van der Waals surface area contributed by atoms with Crippen LogP contribution in [0.25, 0.3) is 26.2 Å². The highest BCUT2D eigenvalue weighted by atomic mass is 32.2. The molecule has 0 saturated heterocycles. The normalized spacial score (nSPS) is 14.3. The molecule has 5 rings (SSSR count). The van der Waals surface area contributed by atoms with Crippen LogP contribution >= 0.6 is 23.1 Å². The van der Waals surface area contributed by atoms with Crippen LogP contribution in [0.15, 0.2) is 75.8 Å². The van der Waals surface area contributed by atoms with Gasteiger partial charge in [-0.25, -0.2) is 4.79 Å². The molecule has 1 aliphatic heterocycles. The van der Waals surface area contributed by atoms with Gasteiger partial charge in [-0.3, -0.25) is 4.79 Å². The molecule has 0 spiro atoms. The zero-order chi connectivity index (χ0) is 24.4. The van der Waals surface area contributed by atoms with Crippen LogP contribution in [0.1, 0.15) is 49.0 Å². The van der Waals surface area contributed by atoms with Gasteiger partial charge in [0, 0.05) is 32.7 Å². The van der Waals surface area contributed by atoms with Crippen LogP contribution in [0, 0.1) is 0 Å². The number of hydrogen-bond acceptors (Lipinski definition) is 7. The van der Waals surface area contributed by atoms with E-state index in [2.05, 4.69) is 29.4 Å². The van der Waals surface area contributed by atoms with Crippen molar-refractivity contribution in [2.75, 3.05) is 0 Å². The second kappa shape index (κ2) is 10.1. The maximum Gasteiger partial charge on any atom is 0.331 e. The maximum atomic E-state index is 13.2. The van der Waals surface area contributed by atoms with Crippen molar-refractivity contribution in [3.63, 3.8) is 0 Å². The predicted molar refractivity (Wildman–Crippen MR) is 143 cm³/mol. The minimum Gasteiger partial charge on any atom is -0.449 e.